The Kier molecular flexibility index (Phi) is 6.00. The Morgan fingerprint density at radius 3 is 2.39 bits per heavy atom. The first-order valence-corrected chi connectivity index (χ1v) is 7.40. The highest BCUT2D eigenvalue weighted by molar-refractivity contribution is 6.35. The average Bonchev–Trinajstić information content (AvgIpc) is 2.57. The third-order valence-corrected chi connectivity index (χ3v) is 3.42. The summed E-state index contributed by atoms with van der Waals surface area (Å²) in [7, 11) is 1.55. The summed E-state index contributed by atoms with van der Waals surface area (Å²) in [5.41, 5.74) is 1.62. The van der Waals surface area contributed by atoms with Gasteiger partial charge in [0.15, 0.2) is 0 Å². The smallest absolute Gasteiger partial charge is 0.309 e. The number of nitrogens with one attached hydrogen (secondary N) is 2. The number of ether oxygens (including phenoxy) is 1. The van der Waals surface area contributed by atoms with Crippen molar-refractivity contribution in [3.05, 3.63) is 64.7 Å². The van der Waals surface area contributed by atoms with Gasteiger partial charge in [-0.3, -0.25) is 9.59 Å². The van der Waals surface area contributed by atoms with Gasteiger partial charge in [-0.05, 0) is 23.8 Å². The lowest BCUT2D eigenvalue weighted by Gasteiger charge is -2.10. The van der Waals surface area contributed by atoms with Gasteiger partial charge in [-0.15, -0.1) is 0 Å². The molecular weight excluding hydrogens is 316 g/mol. The molecule has 2 N–H and O–H groups in total. The number of rotatable bonds is 5. The van der Waals surface area contributed by atoms with Crippen molar-refractivity contribution in [2.45, 2.75) is 13.1 Å². The van der Waals surface area contributed by atoms with Crippen LogP contribution in [-0.4, -0.2) is 18.9 Å². The first kappa shape index (κ1) is 16.8. The van der Waals surface area contributed by atoms with Gasteiger partial charge in [0, 0.05) is 23.7 Å². The maximum Gasteiger partial charge on any atom is 0.309 e. The summed E-state index contributed by atoms with van der Waals surface area (Å²) in [6.07, 6.45) is 0. The second-order valence-electron chi connectivity index (χ2n) is 4.81. The van der Waals surface area contributed by atoms with Crippen LogP contribution in [0, 0.1) is 0 Å². The van der Waals surface area contributed by atoms with Gasteiger partial charge in [-0.1, -0.05) is 41.9 Å². The number of hydrogen-bond donors (Lipinski definition) is 2. The molecule has 0 atom stereocenters. The zero-order valence-electron chi connectivity index (χ0n) is 12.6. The minimum Gasteiger partial charge on any atom is -0.496 e. The van der Waals surface area contributed by atoms with E-state index >= 15 is 0 Å². The molecule has 0 saturated carbocycles. The van der Waals surface area contributed by atoms with Crippen LogP contribution in [0.2, 0.25) is 5.02 Å². The Bertz CT molecular complexity index is 704. The van der Waals surface area contributed by atoms with Crippen LogP contribution in [0.3, 0.4) is 0 Å². The predicted molar refractivity (Wildman–Crippen MR) is 88.1 cm³/mol. The molecule has 0 unspecified atom stereocenters. The second-order valence-corrected chi connectivity index (χ2v) is 5.24. The Hall–Kier alpha value is -2.53. The molecule has 0 saturated heterocycles. The number of carbonyl (C=O) groups is 2. The molecule has 2 rings (SSSR count). The van der Waals surface area contributed by atoms with Crippen LogP contribution in [0.15, 0.2) is 48.5 Å². The maximum atomic E-state index is 11.8. The molecule has 0 aliphatic heterocycles. The fraction of sp³-hybridized carbons (Fsp3) is 0.176. The summed E-state index contributed by atoms with van der Waals surface area (Å²) in [4.78, 5) is 23.6. The van der Waals surface area contributed by atoms with E-state index in [1.54, 1.807) is 31.4 Å². The minimum atomic E-state index is -0.696. The van der Waals surface area contributed by atoms with Crippen molar-refractivity contribution >= 4 is 23.4 Å². The summed E-state index contributed by atoms with van der Waals surface area (Å²) in [6.45, 7) is 0.453. The Labute approximate surface area is 139 Å². The highest BCUT2D eigenvalue weighted by Gasteiger charge is 2.13. The van der Waals surface area contributed by atoms with E-state index in [4.69, 9.17) is 16.3 Å². The van der Waals surface area contributed by atoms with Crippen molar-refractivity contribution in [2.75, 3.05) is 7.11 Å². The molecular formula is C17H17ClN2O3. The molecule has 2 aromatic carbocycles. The second kappa shape index (κ2) is 8.19. The zero-order valence-corrected chi connectivity index (χ0v) is 13.4. The Morgan fingerprint density at radius 1 is 1.00 bits per heavy atom. The van der Waals surface area contributed by atoms with E-state index in [0.717, 1.165) is 11.1 Å². The summed E-state index contributed by atoms with van der Waals surface area (Å²) < 4.78 is 5.19. The first-order valence-electron chi connectivity index (χ1n) is 7.02. The van der Waals surface area contributed by atoms with E-state index in [0.29, 0.717) is 10.8 Å². The Balaban J connectivity index is 1.84. The van der Waals surface area contributed by atoms with Gasteiger partial charge in [0.25, 0.3) is 0 Å². The van der Waals surface area contributed by atoms with E-state index < -0.39 is 11.8 Å². The number of methoxy groups -OCH3 is 1. The normalized spacial score (nSPS) is 10.0. The van der Waals surface area contributed by atoms with Gasteiger partial charge in [0.1, 0.15) is 5.75 Å². The topological polar surface area (TPSA) is 67.4 Å². The molecule has 2 amide bonds. The lowest BCUT2D eigenvalue weighted by atomic mass is 10.2. The molecule has 0 heterocycles. The number of para-hydroxylation sites is 1. The lowest BCUT2D eigenvalue weighted by Crippen LogP contribution is -2.39. The van der Waals surface area contributed by atoms with E-state index in [1.165, 1.54) is 0 Å². The predicted octanol–water partition coefficient (Wildman–Crippen LogP) is 2.28. The zero-order chi connectivity index (χ0) is 16.7. The van der Waals surface area contributed by atoms with Crippen LogP contribution >= 0.6 is 11.6 Å². The molecule has 0 radical (unpaired) electrons. The molecule has 0 aliphatic rings. The van der Waals surface area contributed by atoms with Gasteiger partial charge >= 0.3 is 11.8 Å². The number of amides is 2. The molecule has 0 aliphatic carbocycles. The molecule has 0 bridgehead atoms. The van der Waals surface area contributed by atoms with Crippen molar-refractivity contribution in [3.8, 4) is 5.75 Å². The van der Waals surface area contributed by atoms with Crippen LogP contribution in [0.1, 0.15) is 11.1 Å². The average molecular weight is 333 g/mol. The van der Waals surface area contributed by atoms with E-state index in [2.05, 4.69) is 10.6 Å². The summed E-state index contributed by atoms with van der Waals surface area (Å²) >= 11 is 5.86. The minimum absolute atomic E-state index is 0.216. The Morgan fingerprint density at radius 2 is 1.70 bits per heavy atom. The molecule has 5 nitrogen and oxygen atoms in total. The highest BCUT2D eigenvalue weighted by atomic mass is 35.5. The third kappa shape index (κ3) is 5.00. The highest BCUT2D eigenvalue weighted by Crippen LogP contribution is 2.16. The lowest BCUT2D eigenvalue weighted by molar-refractivity contribution is -0.139. The quantitative estimate of drug-likeness (QED) is 0.825. The van der Waals surface area contributed by atoms with Crippen LogP contribution in [0.5, 0.6) is 5.75 Å². The first-order chi connectivity index (χ1) is 11.1. The molecule has 2 aromatic rings. The maximum absolute atomic E-state index is 11.8. The van der Waals surface area contributed by atoms with E-state index in [-0.39, 0.29) is 13.1 Å². The third-order valence-electron chi connectivity index (χ3n) is 3.18. The van der Waals surface area contributed by atoms with E-state index in [1.807, 2.05) is 24.3 Å². The van der Waals surface area contributed by atoms with Crippen LogP contribution < -0.4 is 15.4 Å². The summed E-state index contributed by atoms with van der Waals surface area (Å²) in [5.74, 6) is -0.732. The molecule has 0 aromatic heterocycles. The fourth-order valence-electron chi connectivity index (χ4n) is 2.01. The standard InChI is InChI=1S/C17H17ClN2O3/c1-23-15-8-3-2-6-13(15)11-20-17(22)16(21)19-10-12-5-4-7-14(18)9-12/h2-9H,10-11H2,1H3,(H,19,21)(H,20,22). The van der Waals surface area contributed by atoms with E-state index in [9.17, 15) is 9.59 Å². The summed E-state index contributed by atoms with van der Waals surface area (Å²) in [5, 5.41) is 5.69. The van der Waals surface area contributed by atoms with Crippen molar-refractivity contribution in [3.63, 3.8) is 0 Å². The van der Waals surface area contributed by atoms with Crippen LogP contribution in [0.4, 0.5) is 0 Å². The number of halogens is 1. The van der Waals surface area contributed by atoms with Crippen molar-refractivity contribution < 1.29 is 14.3 Å². The van der Waals surface area contributed by atoms with Gasteiger partial charge in [-0.2, -0.15) is 0 Å². The molecule has 0 spiro atoms. The SMILES string of the molecule is COc1ccccc1CNC(=O)C(=O)NCc1cccc(Cl)c1. The van der Waals surface area contributed by atoms with Crippen molar-refractivity contribution in [1.29, 1.82) is 0 Å². The summed E-state index contributed by atoms with van der Waals surface area (Å²) in [6, 6.07) is 14.4. The monoisotopic (exact) mass is 332 g/mol. The molecule has 0 fully saturated rings. The number of benzene rings is 2. The van der Waals surface area contributed by atoms with Crippen molar-refractivity contribution in [1.82, 2.24) is 10.6 Å². The largest absolute Gasteiger partial charge is 0.496 e. The van der Waals surface area contributed by atoms with Crippen LogP contribution in [0.25, 0.3) is 0 Å². The molecule has 120 valence electrons. The molecule has 6 heteroatoms. The fourth-order valence-corrected chi connectivity index (χ4v) is 2.23. The number of carbonyl (C=O) groups excluding carboxylic acids is 2. The molecule has 23 heavy (non-hydrogen) atoms. The van der Waals surface area contributed by atoms with Gasteiger partial charge in [0.05, 0.1) is 7.11 Å². The van der Waals surface area contributed by atoms with Crippen molar-refractivity contribution in [2.24, 2.45) is 0 Å². The number of hydrogen-bond acceptors (Lipinski definition) is 3. The van der Waals surface area contributed by atoms with Gasteiger partial charge in [0.2, 0.25) is 0 Å². The van der Waals surface area contributed by atoms with Gasteiger partial charge in [-0.25, -0.2) is 0 Å². The van der Waals surface area contributed by atoms with Crippen LogP contribution in [-0.2, 0) is 22.7 Å². The van der Waals surface area contributed by atoms with Gasteiger partial charge < -0.3 is 15.4 Å².